The highest BCUT2D eigenvalue weighted by Gasteiger charge is 2.68. The third-order valence-corrected chi connectivity index (χ3v) is 6.21. The van der Waals surface area contributed by atoms with Gasteiger partial charge in [0.25, 0.3) is 0 Å². The highest BCUT2D eigenvalue weighted by Crippen LogP contribution is 2.72. The maximum atomic E-state index is 13.1. The maximum absolute atomic E-state index is 13.1. The standard InChI is InChI=1S/C16H21FO/c1-14(2)12-8-9-15(14,3)16(18,10-12)11-4-6-13(17)7-5-11/h4-7,12,18H,8-10H2,1-3H3. The van der Waals surface area contributed by atoms with Crippen molar-refractivity contribution in [3.8, 4) is 0 Å². The van der Waals surface area contributed by atoms with Gasteiger partial charge in [0.15, 0.2) is 0 Å². The smallest absolute Gasteiger partial charge is 0.123 e. The molecular weight excluding hydrogens is 227 g/mol. The van der Waals surface area contributed by atoms with Gasteiger partial charge >= 0.3 is 0 Å². The number of hydrogen-bond donors (Lipinski definition) is 1. The van der Waals surface area contributed by atoms with Gasteiger partial charge in [-0.2, -0.15) is 0 Å². The van der Waals surface area contributed by atoms with Crippen molar-refractivity contribution in [1.82, 2.24) is 0 Å². The van der Waals surface area contributed by atoms with Crippen LogP contribution in [0.15, 0.2) is 24.3 Å². The van der Waals surface area contributed by atoms with Crippen molar-refractivity contribution in [2.24, 2.45) is 16.7 Å². The summed E-state index contributed by atoms with van der Waals surface area (Å²) < 4.78 is 13.1. The summed E-state index contributed by atoms with van der Waals surface area (Å²) in [5.41, 5.74) is 0.118. The van der Waals surface area contributed by atoms with Gasteiger partial charge in [-0.25, -0.2) is 4.39 Å². The summed E-state index contributed by atoms with van der Waals surface area (Å²) >= 11 is 0. The van der Waals surface area contributed by atoms with Gasteiger partial charge in [-0.1, -0.05) is 32.9 Å². The lowest BCUT2D eigenvalue weighted by Crippen LogP contribution is -2.44. The van der Waals surface area contributed by atoms with E-state index in [1.54, 1.807) is 12.1 Å². The fraction of sp³-hybridized carbons (Fsp3) is 0.625. The number of aliphatic hydroxyl groups is 1. The van der Waals surface area contributed by atoms with E-state index in [1.807, 2.05) is 0 Å². The molecular formula is C16H21FO. The van der Waals surface area contributed by atoms with Gasteiger partial charge in [0, 0.05) is 5.41 Å². The molecule has 0 radical (unpaired) electrons. The molecule has 1 aromatic rings. The Morgan fingerprint density at radius 1 is 1.17 bits per heavy atom. The van der Waals surface area contributed by atoms with Crippen LogP contribution in [-0.2, 0) is 5.60 Å². The van der Waals surface area contributed by atoms with E-state index in [4.69, 9.17) is 0 Å². The van der Waals surface area contributed by atoms with Crippen LogP contribution in [0, 0.1) is 22.6 Å². The van der Waals surface area contributed by atoms with Gasteiger partial charge in [0.1, 0.15) is 5.82 Å². The molecule has 0 heterocycles. The van der Waals surface area contributed by atoms with E-state index in [9.17, 15) is 9.50 Å². The minimum Gasteiger partial charge on any atom is -0.385 e. The third kappa shape index (κ3) is 1.20. The largest absolute Gasteiger partial charge is 0.385 e. The van der Waals surface area contributed by atoms with E-state index in [0.717, 1.165) is 18.4 Å². The van der Waals surface area contributed by atoms with Crippen LogP contribution in [0.3, 0.4) is 0 Å². The molecule has 3 rings (SSSR count). The normalized spacial score (nSPS) is 41.3. The van der Waals surface area contributed by atoms with Gasteiger partial charge in [0.2, 0.25) is 0 Å². The summed E-state index contributed by atoms with van der Waals surface area (Å²) in [6.07, 6.45) is 3.06. The highest BCUT2D eigenvalue weighted by atomic mass is 19.1. The fourth-order valence-corrected chi connectivity index (χ4v) is 4.44. The molecule has 2 aliphatic rings. The minimum absolute atomic E-state index is 0.109. The molecule has 1 aromatic carbocycles. The van der Waals surface area contributed by atoms with Gasteiger partial charge in [-0.3, -0.25) is 0 Å². The first-order valence-electron chi connectivity index (χ1n) is 6.80. The average molecular weight is 248 g/mol. The van der Waals surface area contributed by atoms with Crippen LogP contribution in [0.4, 0.5) is 4.39 Å². The van der Waals surface area contributed by atoms with Crippen molar-refractivity contribution in [2.75, 3.05) is 0 Å². The zero-order chi connectivity index (χ0) is 13.2. The number of halogens is 1. The van der Waals surface area contributed by atoms with E-state index in [2.05, 4.69) is 20.8 Å². The average Bonchev–Trinajstić information content (AvgIpc) is 2.62. The van der Waals surface area contributed by atoms with Crippen molar-refractivity contribution in [2.45, 2.75) is 45.6 Å². The van der Waals surface area contributed by atoms with Crippen molar-refractivity contribution in [3.63, 3.8) is 0 Å². The van der Waals surface area contributed by atoms with E-state index < -0.39 is 5.60 Å². The van der Waals surface area contributed by atoms with Crippen molar-refractivity contribution >= 4 is 0 Å². The van der Waals surface area contributed by atoms with Crippen molar-refractivity contribution < 1.29 is 9.50 Å². The van der Waals surface area contributed by atoms with E-state index in [-0.39, 0.29) is 16.6 Å². The van der Waals surface area contributed by atoms with E-state index >= 15 is 0 Å². The number of rotatable bonds is 1. The van der Waals surface area contributed by atoms with Gasteiger partial charge in [-0.15, -0.1) is 0 Å². The molecule has 1 nitrogen and oxygen atoms in total. The summed E-state index contributed by atoms with van der Waals surface area (Å²) in [7, 11) is 0. The van der Waals surface area contributed by atoms with Crippen LogP contribution in [0.2, 0.25) is 0 Å². The molecule has 2 heteroatoms. The molecule has 2 fully saturated rings. The second kappa shape index (κ2) is 3.36. The van der Waals surface area contributed by atoms with Crippen LogP contribution < -0.4 is 0 Å². The summed E-state index contributed by atoms with van der Waals surface area (Å²) in [6, 6.07) is 6.40. The van der Waals surface area contributed by atoms with Gasteiger partial charge in [0.05, 0.1) is 5.60 Å². The first-order valence-corrected chi connectivity index (χ1v) is 6.80. The molecule has 2 saturated carbocycles. The monoisotopic (exact) mass is 248 g/mol. The molecule has 3 atom stereocenters. The fourth-order valence-electron chi connectivity index (χ4n) is 4.44. The zero-order valence-electron chi connectivity index (χ0n) is 11.3. The first kappa shape index (κ1) is 12.2. The minimum atomic E-state index is -0.798. The quantitative estimate of drug-likeness (QED) is 0.800. The Morgan fingerprint density at radius 2 is 1.78 bits per heavy atom. The Morgan fingerprint density at radius 3 is 2.22 bits per heavy atom. The molecule has 0 saturated heterocycles. The van der Waals surface area contributed by atoms with Crippen molar-refractivity contribution in [1.29, 1.82) is 0 Å². The summed E-state index contributed by atoms with van der Waals surface area (Å²) in [6.45, 7) is 6.74. The molecule has 3 unspecified atom stereocenters. The Bertz CT molecular complexity index is 478. The molecule has 0 aliphatic heterocycles. The summed E-state index contributed by atoms with van der Waals surface area (Å²) in [5.74, 6) is 0.326. The molecule has 0 amide bonds. The topological polar surface area (TPSA) is 20.2 Å². The molecule has 0 aromatic heterocycles. The van der Waals surface area contributed by atoms with Crippen LogP contribution in [0.5, 0.6) is 0 Å². The number of benzene rings is 1. The molecule has 2 aliphatic carbocycles. The van der Waals surface area contributed by atoms with Crippen LogP contribution in [0.25, 0.3) is 0 Å². The van der Waals surface area contributed by atoms with Crippen LogP contribution in [-0.4, -0.2) is 5.11 Å². The number of fused-ring (bicyclic) bond motifs is 2. The number of hydrogen-bond acceptors (Lipinski definition) is 1. The Hall–Kier alpha value is -0.890. The van der Waals surface area contributed by atoms with Crippen molar-refractivity contribution in [3.05, 3.63) is 35.6 Å². The second-order valence-corrected chi connectivity index (χ2v) is 6.86. The molecule has 2 bridgehead atoms. The Labute approximate surface area is 108 Å². The van der Waals surface area contributed by atoms with E-state index in [0.29, 0.717) is 5.92 Å². The zero-order valence-corrected chi connectivity index (χ0v) is 11.3. The molecule has 98 valence electrons. The third-order valence-electron chi connectivity index (χ3n) is 6.21. The Kier molecular flexibility index (Phi) is 2.27. The molecule has 0 spiro atoms. The SMILES string of the molecule is CC1(C)C2CCC1(C)C(O)(c1ccc(F)cc1)C2. The van der Waals surface area contributed by atoms with Crippen LogP contribution >= 0.6 is 0 Å². The molecule has 1 N–H and O–H groups in total. The Balaban J connectivity index is 2.10. The summed E-state index contributed by atoms with van der Waals surface area (Å²) in [4.78, 5) is 0. The highest BCUT2D eigenvalue weighted by molar-refractivity contribution is 5.32. The van der Waals surface area contributed by atoms with Gasteiger partial charge in [-0.05, 0) is 48.3 Å². The predicted octanol–water partition coefficient (Wildman–Crippen LogP) is 3.86. The lowest BCUT2D eigenvalue weighted by atomic mass is 9.62. The predicted molar refractivity (Wildman–Crippen MR) is 69.5 cm³/mol. The second-order valence-electron chi connectivity index (χ2n) is 6.86. The van der Waals surface area contributed by atoms with E-state index in [1.165, 1.54) is 18.6 Å². The van der Waals surface area contributed by atoms with Gasteiger partial charge < -0.3 is 5.11 Å². The first-order chi connectivity index (χ1) is 8.31. The molecule has 18 heavy (non-hydrogen) atoms. The summed E-state index contributed by atoms with van der Waals surface area (Å²) in [5, 5.41) is 11.2. The van der Waals surface area contributed by atoms with Crippen LogP contribution in [0.1, 0.15) is 45.6 Å². The lowest BCUT2D eigenvalue weighted by Gasteiger charge is -2.45. The maximum Gasteiger partial charge on any atom is 0.123 e. The lowest BCUT2D eigenvalue weighted by molar-refractivity contribution is -0.0957.